The van der Waals surface area contributed by atoms with Crippen molar-refractivity contribution in [1.82, 2.24) is 10.3 Å². The van der Waals surface area contributed by atoms with Crippen LogP contribution in [0.4, 0.5) is 20.6 Å². The maximum absolute atomic E-state index is 14.9. The molecule has 4 rings (SSSR count). The van der Waals surface area contributed by atoms with E-state index >= 15 is 0 Å². The van der Waals surface area contributed by atoms with Gasteiger partial charge in [0.15, 0.2) is 0 Å². The van der Waals surface area contributed by atoms with Gasteiger partial charge in [0.05, 0.1) is 50.8 Å². The first kappa shape index (κ1) is 21.4. The third-order valence-electron chi connectivity index (χ3n) is 5.65. The molecule has 0 radical (unpaired) electrons. The smallest absolute Gasteiger partial charge is 0.414 e. The monoisotopic (exact) mass is 433 g/mol. The van der Waals surface area contributed by atoms with Crippen molar-refractivity contribution in [3.63, 3.8) is 0 Å². The molecule has 2 amide bonds. The minimum absolute atomic E-state index is 0.190. The molecule has 1 atom stereocenters. The van der Waals surface area contributed by atoms with E-state index in [4.69, 9.17) is 14.6 Å². The third kappa shape index (κ3) is 5.25. The summed E-state index contributed by atoms with van der Waals surface area (Å²) in [7, 11) is 0. The molecule has 168 valence electrons. The predicted octanol–water partition coefficient (Wildman–Crippen LogP) is 1.58. The summed E-state index contributed by atoms with van der Waals surface area (Å²) in [5.41, 5.74) is 2.11. The zero-order valence-corrected chi connectivity index (χ0v) is 17.7. The Hall–Kier alpha value is -2.88. The zero-order valence-electron chi connectivity index (χ0n) is 17.7. The van der Waals surface area contributed by atoms with Crippen LogP contribution in [0.15, 0.2) is 23.3 Å². The van der Waals surface area contributed by atoms with Gasteiger partial charge in [-0.15, -0.1) is 0 Å². The quantitative estimate of drug-likeness (QED) is 0.759. The second-order valence-corrected chi connectivity index (χ2v) is 7.91. The van der Waals surface area contributed by atoms with Crippen molar-refractivity contribution in [3.8, 4) is 0 Å². The summed E-state index contributed by atoms with van der Waals surface area (Å²) < 4.78 is 25.5. The number of hydrogen-bond acceptors (Lipinski definition) is 7. The molecular weight excluding hydrogens is 405 g/mol. The molecule has 3 aliphatic heterocycles. The van der Waals surface area contributed by atoms with Crippen LogP contribution in [-0.4, -0.2) is 81.3 Å². The summed E-state index contributed by atoms with van der Waals surface area (Å²) in [4.78, 5) is 26.6. The van der Waals surface area contributed by atoms with E-state index in [9.17, 15) is 14.0 Å². The van der Waals surface area contributed by atoms with Crippen molar-refractivity contribution in [2.75, 3.05) is 62.3 Å². The molecule has 1 N–H and O–H groups in total. The molecule has 0 saturated carbocycles. The third-order valence-corrected chi connectivity index (χ3v) is 5.65. The number of anilines is 2. The zero-order chi connectivity index (χ0) is 21.8. The Balaban J connectivity index is 1.35. The number of cyclic esters (lactones) is 1. The van der Waals surface area contributed by atoms with E-state index in [2.05, 4.69) is 10.3 Å². The maximum Gasteiger partial charge on any atom is 0.414 e. The van der Waals surface area contributed by atoms with Crippen LogP contribution < -0.4 is 15.1 Å². The number of benzene rings is 1. The molecule has 1 aromatic carbocycles. The molecule has 3 heterocycles. The normalized spacial score (nSPS) is 21.9. The number of carbonyl (C=O) groups excluding carboxylic acids is 2. The summed E-state index contributed by atoms with van der Waals surface area (Å²) in [6.07, 6.45) is 0.596. The maximum atomic E-state index is 14.9. The van der Waals surface area contributed by atoms with Crippen molar-refractivity contribution in [1.29, 1.82) is 0 Å². The van der Waals surface area contributed by atoms with Gasteiger partial charge in [-0.3, -0.25) is 14.7 Å². The molecule has 3 fully saturated rings. The molecule has 1 aromatic rings. The van der Waals surface area contributed by atoms with Crippen LogP contribution in [0.1, 0.15) is 19.8 Å². The lowest BCUT2D eigenvalue weighted by atomic mass is 10.1. The molecule has 0 bridgehead atoms. The number of halogens is 1. The molecule has 10 heteroatoms. The lowest BCUT2D eigenvalue weighted by Crippen LogP contribution is -2.37. The van der Waals surface area contributed by atoms with Crippen molar-refractivity contribution in [2.24, 2.45) is 5.10 Å². The van der Waals surface area contributed by atoms with Gasteiger partial charge in [0, 0.05) is 38.6 Å². The number of nitrogens with one attached hydrogen (secondary N) is 1. The van der Waals surface area contributed by atoms with Gasteiger partial charge in [0.25, 0.3) is 0 Å². The molecular formula is C21H28FN5O4. The summed E-state index contributed by atoms with van der Waals surface area (Å²) in [5, 5.41) is 9.40. The Labute approximate surface area is 180 Å². The van der Waals surface area contributed by atoms with Gasteiger partial charge < -0.3 is 19.7 Å². The van der Waals surface area contributed by atoms with Crippen LogP contribution in [-0.2, 0) is 14.3 Å². The standard InChI is InChI=1S/C21H28FN5O4/c1-15(28)23-13-18-14-27(21(29)31-18)17-2-3-20(19(22)12-17)25-6-4-16(5-7-25)24-26-8-10-30-11-9-26/h2-3,12,18H,4-11,13-14H2,1H3,(H,23,28). The van der Waals surface area contributed by atoms with Crippen LogP contribution in [0, 0.1) is 5.82 Å². The van der Waals surface area contributed by atoms with E-state index in [1.807, 2.05) is 4.90 Å². The number of nitrogens with zero attached hydrogens (tertiary/aromatic N) is 4. The number of amides is 2. The number of carbonyl (C=O) groups is 2. The van der Waals surface area contributed by atoms with Gasteiger partial charge in [-0.25, -0.2) is 9.18 Å². The fourth-order valence-electron chi connectivity index (χ4n) is 3.98. The van der Waals surface area contributed by atoms with Crippen LogP contribution >= 0.6 is 0 Å². The SMILES string of the molecule is CC(=O)NCC1CN(c2ccc(N3CCC(=NN4CCOCC4)CC3)c(F)c2)C(=O)O1. The minimum atomic E-state index is -0.538. The van der Waals surface area contributed by atoms with E-state index in [-0.39, 0.29) is 24.8 Å². The first-order chi connectivity index (χ1) is 15.0. The number of rotatable bonds is 5. The molecule has 0 spiro atoms. The topological polar surface area (TPSA) is 86.7 Å². The van der Waals surface area contributed by atoms with Gasteiger partial charge in [-0.05, 0) is 18.2 Å². The first-order valence-corrected chi connectivity index (χ1v) is 10.7. The van der Waals surface area contributed by atoms with E-state index in [1.54, 1.807) is 12.1 Å². The number of morpholine rings is 1. The molecule has 0 aromatic heterocycles. The van der Waals surface area contributed by atoms with E-state index < -0.39 is 12.2 Å². The highest BCUT2D eigenvalue weighted by molar-refractivity contribution is 5.90. The number of piperidine rings is 1. The van der Waals surface area contributed by atoms with Gasteiger partial charge in [-0.2, -0.15) is 5.10 Å². The first-order valence-electron chi connectivity index (χ1n) is 10.7. The highest BCUT2D eigenvalue weighted by Gasteiger charge is 2.33. The average Bonchev–Trinajstić information content (AvgIpc) is 3.14. The fraction of sp³-hybridized carbons (Fsp3) is 0.571. The van der Waals surface area contributed by atoms with Crippen LogP contribution in [0.3, 0.4) is 0 Å². The summed E-state index contributed by atoms with van der Waals surface area (Å²) in [6, 6.07) is 4.82. The highest BCUT2D eigenvalue weighted by atomic mass is 19.1. The predicted molar refractivity (Wildman–Crippen MR) is 114 cm³/mol. The molecule has 3 saturated heterocycles. The number of hydrazone groups is 1. The lowest BCUT2D eigenvalue weighted by molar-refractivity contribution is -0.119. The summed E-state index contributed by atoms with van der Waals surface area (Å²) in [6.45, 7) is 6.34. The highest BCUT2D eigenvalue weighted by Crippen LogP contribution is 2.29. The van der Waals surface area contributed by atoms with Gasteiger partial charge >= 0.3 is 6.09 Å². The molecule has 3 aliphatic rings. The van der Waals surface area contributed by atoms with Crippen molar-refractivity contribution < 1.29 is 23.5 Å². The number of ether oxygens (including phenoxy) is 2. The van der Waals surface area contributed by atoms with Crippen LogP contribution in [0.5, 0.6) is 0 Å². The van der Waals surface area contributed by atoms with Crippen molar-refractivity contribution in [2.45, 2.75) is 25.9 Å². The van der Waals surface area contributed by atoms with Gasteiger partial charge in [0.1, 0.15) is 11.9 Å². The Morgan fingerprint density at radius 1 is 1.23 bits per heavy atom. The van der Waals surface area contributed by atoms with Crippen LogP contribution in [0.25, 0.3) is 0 Å². The molecule has 31 heavy (non-hydrogen) atoms. The summed E-state index contributed by atoms with van der Waals surface area (Å²) in [5.74, 6) is -0.561. The largest absolute Gasteiger partial charge is 0.442 e. The van der Waals surface area contributed by atoms with E-state index in [0.717, 1.165) is 31.6 Å². The average molecular weight is 433 g/mol. The summed E-state index contributed by atoms with van der Waals surface area (Å²) >= 11 is 0. The minimum Gasteiger partial charge on any atom is -0.442 e. The molecule has 1 unspecified atom stereocenters. The Bertz CT molecular complexity index is 848. The van der Waals surface area contributed by atoms with Crippen LogP contribution in [0.2, 0.25) is 0 Å². The Kier molecular flexibility index (Phi) is 6.55. The van der Waals surface area contributed by atoms with Crippen molar-refractivity contribution >= 4 is 29.1 Å². The van der Waals surface area contributed by atoms with Crippen molar-refractivity contribution in [3.05, 3.63) is 24.0 Å². The van der Waals surface area contributed by atoms with E-state index in [0.29, 0.717) is 37.7 Å². The molecule has 9 nitrogen and oxygen atoms in total. The second kappa shape index (κ2) is 9.51. The second-order valence-electron chi connectivity index (χ2n) is 7.91. The number of hydrogen-bond donors (Lipinski definition) is 1. The Morgan fingerprint density at radius 3 is 2.65 bits per heavy atom. The fourth-order valence-corrected chi connectivity index (χ4v) is 3.98. The Morgan fingerprint density at radius 2 is 1.97 bits per heavy atom. The van der Waals surface area contributed by atoms with Gasteiger partial charge in [-0.1, -0.05) is 0 Å². The van der Waals surface area contributed by atoms with Gasteiger partial charge in [0.2, 0.25) is 5.91 Å². The molecule has 0 aliphatic carbocycles. The lowest BCUT2D eigenvalue weighted by Gasteiger charge is -2.32. The van der Waals surface area contributed by atoms with E-state index in [1.165, 1.54) is 17.9 Å².